The molecule has 0 atom stereocenters. The molecular weight excluding hydrogens is 276 g/mol. The number of ether oxygens (including phenoxy) is 1. The lowest BCUT2D eigenvalue weighted by Crippen LogP contribution is -2.35. The Balaban J connectivity index is 1.49. The van der Waals surface area contributed by atoms with E-state index in [2.05, 4.69) is 0 Å². The van der Waals surface area contributed by atoms with Crippen LogP contribution in [0.3, 0.4) is 0 Å². The molecule has 3 rings (SSSR count). The average Bonchev–Trinajstić information content (AvgIpc) is 2.98. The Bertz CT molecular complexity index is 495. The van der Waals surface area contributed by atoms with Gasteiger partial charge < -0.3 is 15.4 Å². The number of hydrogen-bond donors (Lipinski definition) is 1. The van der Waals surface area contributed by atoms with Gasteiger partial charge in [0.05, 0.1) is 0 Å². The third-order valence-electron chi connectivity index (χ3n) is 5.40. The largest absolute Gasteiger partial charge is 0.445 e. The van der Waals surface area contributed by atoms with Crippen molar-refractivity contribution in [2.75, 3.05) is 19.6 Å². The van der Waals surface area contributed by atoms with E-state index in [4.69, 9.17) is 10.5 Å². The van der Waals surface area contributed by atoms with Crippen LogP contribution >= 0.6 is 0 Å². The maximum Gasteiger partial charge on any atom is 0.410 e. The fraction of sp³-hybridized carbons (Fsp3) is 0.611. The van der Waals surface area contributed by atoms with Gasteiger partial charge in [0.15, 0.2) is 0 Å². The highest BCUT2D eigenvalue weighted by Gasteiger charge is 2.42. The molecule has 0 bridgehead atoms. The summed E-state index contributed by atoms with van der Waals surface area (Å²) in [4.78, 5) is 14.1. The van der Waals surface area contributed by atoms with Crippen molar-refractivity contribution in [1.82, 2.24) is 4.90 Å². The molecule has 1 aliphatic carbocycles. The quantitative estimate of drug-likeness (QED) is 0.933. The van der Waals surface area contributed by atoms with Crippen LogP contribution in [0.2, 0.25) is 0 Å². The molecule has 120 valence electrons. The normalized spacial score (nSPS) is 28.0. The molecule has 1 aromatic carbocycles. The zero-order valence-electron chi connectivity index (χ0n) is 13.2. The Morgan fingerprint density at radius 2 is 1.95 bits per heavy atom. The first-order valence-electron chi connectivity index (χ1n) is 8.36. The number of hydrogen-bond acceptors (Lipinski definition) is 3. The van der Waals surface area contributed by atoms with Crippen molar-refractivity contribution in [3.63, 3.8) is 0 Å². The number of likely N-dealkylation sites (tertiary alicyclic amines) is 1. The highest BCUT2D eigenvalue weighted by atomic mass is 16.6. The number of nitrogens with two attached hydrogens (primary N) is 1. The van der Waals surface area contributed by atoms with Crippen LogP contribution in [0.15, 0.2) is 30.3 Å². The Morgan fingerprint density at radius 1 is 1.23 bits per heavy atom. The second kappa shape index (κ2) is 6.69. The van der Waals surface area contributed by atoms with Crippen LogP contribution in [0.25, 0.3) is 0 Å². The third kappa shape index (κ3) is 3.43. The second-order valence-electron chi connectivity index (χ2n) is 6.89. The number of carbonyl (C=O) groups excluding carboxylic acids is 1. The fourth-order valence-electron chi connectivity index (χ4n) is 3.84. The molecule has 2 aliphatic rings. The Labute approximate surface area is 132 Å². The van der Waals surface area contributed by atoms with Gasteiger partial charge in [-0.25, -0.2) is 4.79 Å². The summed E-state index contributed by atoms with van der Waals surface area (Å²) in [7, 11) is 0. The van der Waals surface area contributed by atoms with E-state index in [1.807, 2.05) is 35.2 Å². The van der Waals surface area contributed by atoms with Crippen molar-refractivity contribution >= 4 is 6.09 Å². The first-order chi connectivity index (χ1) is 10.7. The summed E-state index contributed by atoms with van der Waals surface area (Å²) in [5.74, 6) is 0.685. The van der Waals surface area contributed by atoms with Crippen LogP contribution in [0, 0.1) is 11.3 Å². The topological polar surface area (TPSA) is 55.6 Å². The van der Waals surface area contributed by atoms with E-state index in [0.29, 0.717) is 17.9 Å². The molecule has 1 aromatic rings. The van der Waals surface area contributed by atoms with E-state index in [0.717, 1.165) is 31.6 Å². The molecule has 1 heterocycles. The molecule has 1 spiro atoms. The molecule has 4 nitrogen and oxygen atoms in total. The number of carbonyl (C=O) groups is 1. The third-order valence-corrected chi connectivity index (χ3v) is 5.40. The molecule has 1 saturated carbocycles. The van der Waals surface area contributed by atoms with Crippen molar-refractivity contribution < 1.29 is 9.53 Å². The summed E-state index contributed by atoms with van der Waals surface area (Å²) in [6.07, 6.45) is 5.79. The molecule has 4 heteroatoms. The van der Waals surface area contributed by atoms with Crippen molar-refractivity contribution in [2.24, 2.45) is 17.1 Å². The molecule has 0 unspecified atom stereocenters. The van der Waals surface area contributed by atoms with Gasteiger partial charge in [-0.05, 0) is 55.5 Å². The minimum Gasteiger partial charge on any atom is -0.445 e. The minimum atomic E-state index is -0.165. The second-order valence-corrected chi connectivity index (χ2v) is 6.89. The summed E-state index contributed by atoms with van der Waals surface area (Å²) in [5, 5.41) is 0. The number of benzene rings is 1. The van der Waals surface area contributed by atoms with E-state index in [-0.39, 0.29) is 6.09 Å². The average molecular weight is 302 g/mol. The minimum absolute atomic E-state index is 0.165. The summed E-state index contributed by atoms with van der Waals surface area (Å²) in [5.41, 5.74) is 7.14. The highest BCUT2D eigenvalue weighted by molar-refractivity contribution is 5.68. The smallest absolute Gasteiger partial charge is 0.410 e. The SMILES string of the molecule is NCC1CCC2(CC1)CCN(C(=O)OCc1ccccc1)C2. The van der Waals surface area contributed by atoms with Crippen molar-refractivity contribution in [3.8, 4) is 0 Å². The molecule has 1 saturated heterocycles. The number of nitrogens with zero attached hydrogens (tertiary/aromatic N) is 1. The molecular formula is C18H26N2O2. The Morgan fingerprint density at radius 3 is 2.64 bits per heavy atom. The predicted molar refractivity (Wildman–Crippen MR) is 86.3 cm³/mol. The van der Waals surface area contributed by atoms with Crippen LogP contribution in [-0.2, 0) is 11.3 Å². The van der Waals surface area contributed by atoms with Gasteiger partial charge >= 0.3 is 6.09 Å². The van der Waals surface area contributed by atoms with Gasteiger partial charge in [0.25, 0.3) is 0 Å². The maximum atomic E-state index is 12.2. The Kier molecular flexibility index (Phi) is 4.67. The van der Waals surface area contributed by atoms with Crippen molar-refractivity contribution in [3.05, 3.63) is 35.9 Å². The van der Waals surface area contributed by atoms with E-state index < -0.39 is 0 Å². The monoisotopic (exact) mass is 302 g/mol. The Hall–Kier alpha value is -1.55. The molecule has 0 aromatic heterocycles. The van der Waals surface area contributed by atoms with Crippen molar-refractivity contribution in [2.45, 2.75) is 38.7 Å². The molecule has 1 amide bonds. The van der Waals surface area contributed by atoms with Crippen LogP contribution < -0.4 is 5.73 Å². The number of amides is 1. The summed E-state index contributed by atoms with van der Waals surface area (Å²) >= 11 is 0. The molecule has 0 radical (unpaired) electrons. The molecule has 2 fully saturated rings. The van der Waals surface area contributed by atoms with Gasteiger partial charge in [-0.3, -0.25) is 0 Å². The van der Waals surface area contributed by atoms with E-state index in [9.17, 15) is 4.79 Å². The van der Waals surface area contributed by atoms with Crippen LogP contribution in [0.5, 0.6) is 0 Å². The van der Waals surface area contributed by atoms with Crippen LogP contribution in [0.4, 0.5) is 4.79 Å². The summed E-state index contributed by atoms with van der Waals surface area (Å²) in [6.45, 7) is 2.86. The predicted octanol–water partition coefficient (Wildman–Crippen LogP) is 3.16. The first kappa shape index (κ1) is 15.3. The molecule has 22 heavy (non-hydrogen) atoms. The lowest BCUT2D eigenvalue weighted by atomic mass is 9.70. The summed E-state index contributed by atoms with van der Waals surface area (Å²) in [6, 6.07) is 9.85. The van der Waals surface area contributed by atoms with Gasteiger partial charge in [0.2, 0.25) is 0 Å². The zero-order valence-corrected chi connectivity index (χ0v) is 13.2. The van der Waals surface area contributed by atoms with Crippen LogP contribution in [0.1, 0.15) is 37.7 Å². The zero-order chi connectivity index (χ0) is 15.4. The summed E-state index contributed by atoms with van der Waals surface area (Å²) < 4.78 is 5.46. The van der Waals surface area contributed by atoms with Crippen LogP contribution in [-0.4, -0.2) is 30.6 Å². The lowest BCUT2D eigenvalue weighted by Gasteiger charge is -2.36. The first-order valence-corrected chi connectivity index (χ1v) is 8.36. The molecule has 2 N–H and O–H groups in total. The van der Waals surface area contributed by atoms with E-state index in [1.165, 1.54) is 25.7 Å². The maximum absolute atomic E-state index is 12.2. The van der Waals surface area contributed by atoms with Gasteiger partial charge in [-0.15, -0.1) is 0 Å². The van der Waals surface area contributed by atoms with E-state index in [1.54, 1.807) is 0 Å². The molecule has 1 aliphatic heterocycles. The van der Waals surface area contributed by atoms with Gasteiger partial charge in [0, 0.05) is 13.1 Å². The highest BCUT2D eigenvalue weighted by Crippen LogP contribution is 2.45. The van der Waals surface area contributed by atoms with Gasteiger partial charge in [-0.1, -0.05) is 30.3 Å². The van der Waals surface area contributed by atoms with Gasteiger partial charge in [0.1, 0.15) is 6.61 Å². The van der Waals surface area contributed by atoms with Crippen molar-refractivity contribution in [1.29, 1.82) is 0 Å². The standard InChI is InChI=1S/C18H26N2O2/c19-12-15-6-8-18(9-7-15)10-11-20(14-18)17(21)22-13-16-4-2-1-3-5-16/h1-5,15H,6-14,19H2. The van der Waals surface area contributed by atoms with E-state index >= 15 is 0 Å². The van der Waals surface area contributed by atoms with Gasteiger partial charge in [-0.2, -0.15) is 0 Å². The number of rotatable bonds is 3. The lowest BCUT2D eigenvalue weighted by molar-refractivity contribution is 0.0931. The fourth-order valence-corrected chi connectivity index (χ4v) is 3.84.